The van der Waals surface area contributed by atoms with Crippen LogP contribution in [0.2, 0.25) is 0 Å². The number of pyridine rings is 1. The van der Waals surface area contributed by atoms with Crippen LogP contribution >= 0.6 is 0 Å². The van der Waals surface area contributed by atoms with Crippen LogP contribution in [0.15, 0.2) is 17.4 Å². The molecule has 1 aromatic rings. The minimum Gasteiger partial charge on any atom is -0.475 e. The number of ether oxygens (including phenoxy) is 1. The summed E-state index contributed by atoms with van der Waals surface area (Å²) in [5.41, 5.74) is 6.71. The number of oxime groups is 1. The molecule has 0 spiro atoms. The number of nitrogens with two attached hydrogens (primary N) is 1. The van der Waals surface area contributed by atoms with E-state index in [-0.39, 0.29) is 24.9 Å². The first-order valence-electron chi connectivity index (χ1n) is 4.38. The Bertz CT molecular complexity index is 366. The van der Waals surface area contributed by atoms with Gasteiger partial charge < -0.3 is 20.8 Å². The fourth-order valence-electron chi connectivity index (χ4n) is 1.15. The van der Waals surface area contributed by atoms with Crippen molar-refractivity contribution < 1.29 is 15.1 Å². The molecule has 6 heteroatoms. The van der Waals surface area contributed by atoms with Crippen LogP contribution in [-0.4, -0.2) is 34.3 Å². The maximum absolute atomic E-state index is 8.62. The third-order valence-electron chi connectivity index (χ3n) is 1.82. The second-order valence-electron chi connectivity index (χ2n) is 2.87. The van der Waals surface area contributed by atoms with Crippen molar-refractivity contribution >= 4 is 5.84 Å². The van der Waals surface area contributed by atoms with E-state index in [1.807, 2.05) is 0 Å². The van der Waals surface area contributed by atoms with Gasteiger partial charge >= 0.3 is 0 Å². The zero-order chi connectivity index (χ0) is 11.3. The molecule has 1 heterocycles. The van der Waals surface area contributed by atoms with Crippen molar-refractivity contribution in [2.24, 2.45) is 10.9 Å². The number of nitrogens with zero attached hydrogens (tertiary/aromatic N) is 2. The Balaban J connectivity index is 3.09. The summed E-state index contributed by atoms with van der Waals surface area (Å²) in [6.07, 6.45) is 1.55. The van der Waals surface area contributed by atoms with E-state index in [1.54, 1.807) is 19.2 Å². The maximum atomic E-state index is 8.62. The first-order valence-corrected chi connectivity index (χ1v) is 4.38. The molecule has 4 N–H and O–H groups in total. The molecular weight excluding hydrogens is 198 g/mol. The second-order valence-corrected chi connectivity index (χ2v) is 2.87. The van der Waals surface area contributed by atoms with E-state index in [0.717, 1.165) is 5.56 Å². The summed E-state index contributed by atoms with van der Waals surface area (Å²) in [7, 11) is 0. The average Bonchev–Trinajstić information content (AvgIpc) is 2.25. The summed E-state index contributed by atoms with van der Waals surface area (Å²) in [4.78, 5) is 3.94. The van der Waals surface area contributed by atoms with Crippen molar-refractivity contribution in [2.75, 3.05) is 13.2 Å². The third kappa shape index (κ3) is 2.57. The van der Waals surface area contributed by atoms with Gasteiger partial charge in [-0.2, -0.15) is 0 Å². The molecule has 0 fully saturated rings. The lowest BCUT2D eigenvalue weighted by Crippen LogP contribution is -2.18. The van der Waals surface area contributed by atoms with Crippen molar-refractivity contribution in [3.05, 3.63) is 23.4 Å². The number of aliphatic hydroxyl groups is 1. The van der Waals surface area contributed by atoms with Crippen LogP contribution < -0.4 is 10.5 Å². The van der Waals surface area contributed by atoms with Crippen LogP contribution in [0.1, 0.15) is 11.1 Å². The van der Waals surface area contributed by atoms with Crippen LogP contribution in [0.3, 0.4) is 0 Å². The van der Waals surface area contributed by atoms with E-state index >= 15 is 0 Å². The van der Waals surface area contributed by atoms with Crippen molar-refractivity contribution in [3.8, 4) is 5.88 Å². The summed E-state index contributed by atoms with van der Waals surface area (Å²) < 4.78 is 5.16. The van der Waals surface area contributed by atoms with Gasteiger partial charge in [0.1, 0.15) is 6.61 Å². The Kier molecular flexibility index (Phi) is 3.87. The van der Waals surface area contributed by atoms with Gasteiger partial charge in [0, 0.05) is 6.20 Å². The number of rotatable bonds is 4. The van der Waals surface area contributed by atoms with Crippen molar-refractivity contribution in [3.63, 3.8) is 0 Å². The third-order valence-corrected chi connectivity index (χ3v) is 1.82. The summed E-state index contributed by atoms with van der Waals surface area (Å²) in [5, 5.41) is 20.1. The highest BCUT2D eigenvalue weighted by Crippen LogP contribution is 2.18. The van der Waals surface area contributed by atoms with E-state index in [4.69, 9.17) is 20.8 Å². The molecule has 0 aliphatic rings. The van der Waals surface area contributed by atoms with Gasteiger partial charge in [0.05, 0.1) is 12.2 Å². The monoisotopic (exact) mass is 211 g/mol. The molecule has 0 bridgehead atoms. The minimum atomic E-state index is -0.120. The smallest absolute Gasteiger partial charge is 0.224 e. The predicted molar refractivity (Wildman–Crippen MR) is 54.1 cm³/mol. The van der Waals surface area contributed by atoms with Crippen molar-refractivity contribution in [1.82, 2.24) is 4.98 Å². The topological polar surface area (TPSA) is 101 Å². The minimum absolute atomic E-state index is 0.0615. The highest BCUT2D eigenvalue weighted by Gasteiger charge is 2.12. The van der Waals surface area contributed by atoms with Gasteiger partial charge in [-0.05, 0) is 18.6 Å². The van der Waals surface area contributed by atoms with Crippen LogP contribution in [0.4, 0.5) is 0 Å². The van der Waals surface area contributed by atoms with E-state index in [9.17, 15) is 0 Å². The van der Waals surface area contributed by atoms with Crippen LogP contribution in [0.25, 0.3) is 0 Å². The lowest BCUT2D eigenvalue weighted by atomic mass is 10.1. The van der Waals surface area contributed by atoms with Crippen LogP contribution in [0.5, 0.6) is 5.88 Å². The molecule has 0 atom stereocenters. The molecule has 0 aromatic carbocycles. The normalized spacial score (nSPS) is 11.5. The lowest BCUT2D eigenvalue weighted by molar-refractivity contribution is 0.196. The molecule has 1 aromatic heterocycles. The van der Waals surface area contributed by atoms with Gasteiger partial charge in [-0.25, -0.2) is 4.98 Å². The molecule has 0 amide bonds. The fourth-order valence-corrected chi connectivity index (χ4v) is 1.15. The Morgan fingerprint density at radius 2 is 2.40 bits per heavy atom. The predicted octanol–water partition coefficient (Wildman–Crippen LogP) is -0.144. The summed E-state index contributed by atoms with van der Waals surface area (Å²) in [6, 6.07) is 1.72. The van der Waals surface area contributed by atoms with Crippen molar-refractivity contribution in [1.29, 1.82) is 0 Å². The molecule has 1 rings (SSSR count). The van der Waals surface area contributed by atoms with E-state index in [2.05, 4.69) is 10.1 Å². The van der Waals surface area contributed by atoms with Crippen molar-refractivity contribution in [2.45, 2.75) is 6.92 Å². The zero-order valence-electron chi connectivity index (χ0n) is 8.34. The first-order chi connectivity index (χ1) is 7.20. The molecule has 0 saturated heterocycles. The Morgan fingerprint density at radius 3 is 3.00 bits per heavy atom. The van der Waals surface area contributed by atoms with Crippen LogP contribution in [-0.2, 0) is 0 Å². The van der Waals surface area contributed by atoms with Gasteiger partial charge in [-0.15, -0.1) is 0 Å². The van der Waals surface area contributed by atoms with Gasteiger partial charge in [0.25, 0.3) is 0 Å². The molecule has 0 saturated carbocycles. The molecule has 0 unspecified atom stereocenters. The molecule has 6 nitrogen and oxygen atoms in total. The second kappa shape index (κ2) is 5.16. The maximum Gasteiger partial charge on any atom is 0.224 e. The molecule has 15 heavy (non-hydrogen) atoms. The number of hydrogen-bond donors (Lipinski definition) is 3. The highest BCUT2D eigenvalue weighted by atomic mass is 16.5. The Labute approximate surface area is 87.0 Å². The standard InChI is InChI=1S/C9H13N3O3/c1-6-2-3-11-9(15-5-4-13)7(6)8(10)12-14/h2-3,13-14H,4-5H2,1H3,(H2,10,12). The zero-order valence-corrected chi connectivity index (χ0v) is 8.34. The number of aryl methyl sites for hydroxylation is 1. The lowest BCUT2D eigenvalue weighted by Gasteiger charge is -2.10. The van der Waals surface area contributed by atoms with E-state index < -0.39 is 0 Å². The van der Waals surface area contributed by atoms with E-state index in [1.165, 1.54) is 0 Å². The molecular formula is C9H13N3O3. The van der Waals surface area contributed by atoms with Crippen LogP contribution in [0, 0.1) is 6.92 Å². The Hall–Kier alpha value is -1.82. The van der Waals surface area contributed by atoms with E-state index in [0.29, 0.717) is 5.56 Å². The van der Waals surface area contributed by atoms with Gasteiger partial charge in [0.15, 0.2) is 5.84 Å². The fraction of sp³-hybridized carbons (Fsp3) is 0.333. The summed E-state index contributed by atoms with van der Waals surface area (Å²) in [6.45, 7) is 1.79. The number of aromatic nitrogens is 1. The summed E-state index contributed by atoms with van der Waals surface area (Å²) in [5.74, 6) is 0.188. The molecule has 0 aliphatic heterocycles. The van der Waals surface area contributed by atoms with Gasteiger partial charge in [-0.3, -0.25) is 0 Å². The summed E-state index contributed by atoms with van der Waals surface area (Å²) >= 11 is 0. The number of amidine groups is 1. The molecule has 0 aliphatic carbocycles. The molecule has 82 valence electrons. The van der Waals surface area contributed by atoms with Gasteiger partial charge in [0.2, 0.25) is 5.88 Å². The number of aliphatic hydroxyl groups excluding tert-OH is 1. The SMILES string of the molecule is Cc1ccnc(OCCO)c1/C(N)=N/O. The number of hydrogen-bond acceptors (Lipinski definition) is 5. The van der Waals surface area contributed by atoms with Gasteiger partial charge in [-0.1, -0.05) is 5.16 Å². The molecule has 0 radical (unpaired) electrons. The first kappa shape index (κ1) is 11.3. The largest absolute Gasteiger partial charge is 0.475 e. The highest BCUT2D eigenvalue weighted by molar-refractivity contribution is 6.00. The Morgan fingerprint density at radius 1 is 1.67 bits per heavy atom. The quantitative estimate of drug-likeness (QED) is 0.278. The average molecular weight is 211 g/mol.